The number of hydrogen-bond acceptors (Lipinski definition) is 4. The van der Waals surface area contributed by atoms with Crippen LogP contribution < -0.4 is 10.6 Å². The monoisotopic (exact) mass is 392 g/mol. The van der Waals surface area contributed by atoms with Crippen LogP contribution in [0.5, 0.6) is 0 Å². The molecule has 0 aliphatic heterocycles. The zero-order chi connectivity index (χ0) is 21.3. The van der Waals surface area contributed by atoms with E-state index in [0.29, 0.717) is 0 Å². The Morgan fingerprint density at radius 2 is 1.57 bits per heavy atom. The number of rotatable bonds is 10. The third-order valence-corrected chi connectivity index (χ3v) is 3.89. The minimum atomic E-state index is -1.35. The fraction of sp³-hybridized carbons (Fsp3) is 0.500. The molecule has 0 saturated heterocycles. The van der Waals surface area contributed by atoms with Crippen LogP contribution in [-0.2, 0) is 25.6 Å². The minimum Gasteiger partial charge on any atom is -0.481 e. The van der Waals surface area contributed by atoms with Crippen molar-refractivity contribution >= 4 is 23.8 Å². The van der Waals surface area contributed by atoms with Crippen LogP contribution in [0.2, 0.25) is 0 Å². The highest BCUT2D eigenvalue weighted by Gasteiger charge is 2.28. The maximum Gasteiger partial charge on any atom is 0.326 e. The number of aliphatic carboxylic acids is 2. The lowest BCUT2D eigenvalue weighted by Crippen LogP contribution is -2.52. The molecule has 28 heavy (non-hydrogen) atoms. The standard InChI is InChI=1S/C20H28N2O6/c1-20(2,3)12-16(23)21-15(11-13-7-5-4-6-8-13)18(26)22-14(19(27)28)9-10-17(24)25/h4-8,14-15H,9-12H2,1-3H3,(H,21,23)(H,22,26)(H,24,25)(H,27,28)/t14-,15+/m1/s1. The van der Waals surface area contributed by atoms with Crippen LogP contribution in [-0.4, -0.2) is 46.0 Å². The van der Waals surface area contributed by atoms with Gasteiger partial charge in [0.05, 0.1) is 0 Å². The first-order valence-electron chi connectivity index (χ1n) is 9.06. The van der Waals surface area contributed by atoms with E-state index < -0.39 is 36.4 Å². The minimum absolute atomic E-state index is 0.188. The molecule has 0 aliphatic carbocycles. The largest absolute Gasteiger partial charge is 0.481 e. The Hall–Kier alpha value is -2.90. The number of nitrogens with one attached hydrogen (secondary N) is 2. The van der Waals surface area contributed by atoms with Gasteiger partial charge in [-0.3, -0.25) is 14.4 Å². The number of hydrogen-bond donors (Lipinski definition) is 4. The van der Waals surface area contributed by atoms with E-state index in [1.54, 1.807) is 24.3 Å². The Balaban J connectivity index is 2.91. The average molecular weight is 392 g/mol. The van der Waals surface area contributed by atoms with E-state index in [-0.39, 0.29) is 30.6 Å². The van der Waals surface area contributed by atoms with Gasteiger partial charge in [0, 0.05) is 19.3 Å². The fourth-order valence-corrected chi connectivity index (χ4v) is 2.58. The van der Waals surface area contributed by atoms with E-state index in [0.717, 1.165) is 5.56 Å². The summed E-state index contributed by atoms with van der Waals surface area (Å²) in [5.41, 5.74) is 0.527. The van der Waals surface area contributed by atoms with Crippen LogP contribution in [0, 0.1) is 5.41 Å². The van der Waals surface area contributed by atoms with Crippen molar-refractivity contribution in [2.24, 2.45) is 5.41 Å². The number of carboxylic acids is 2. The van der Waals surface area contributed by atoms with Gasteiger partial charge < -0.3 is 20.8 Å². The molecule has 0 saturated carbocycles. The molecular weight excluding hydrogens is 364 g/mol. The quantitative estimate of drug-likeness (QED) is 0.478. The van der Waals surface area contributed by atoms with Gasteiger partial charge in [-0.2, -0.15) is 0 Å². The smallest absolute Gasteiger partial charge is 0.326 e. The summed E-state index contributed by atoms with van der Waals surface area (Å²) in [6, 6.07) is 6.71. The zero-order valence-corrected chi connectivity index (χ0v) is 16.4. The van der Waals surface area contributed by atoms with Gasteiger partial charge in [0.2, 0.25) is 11.8 Å². The maximum absolute atomic E-state index is 12.7. The summed E-state index contributed by atoms with van der Waals surface area (Å²) in [7, 11) is 0. The molecule has 0 heterocycles. The van der Waals surface area contributed by atoms with Gasteiger partial charge in [0.1, 0.15) is 12.1 Å². The van der Waals surface area contributed by atoms with E-state index in [1.165, 1.54) is 0 Å². The number of carbonyl (C=O) groups is 4. The summed E-state index contributed by atoms with van der Waals surface area (Å²) in [5.74, 6) is -3.46. The summed E-state index contributed by atoms with van der Waals surface area (Å²) in [6.07, 6.45) is -0.248. The lowest BCUT2D eigenvalue weighted by molar-refractivity contribution is -0.143. The molecule has 4 N–H and O–H groups in total. The van der Waals surface area contributed by atoms with Gasteiger partial charge in [0.25, 0.3) is 0 Å². The van der Waals surface area contributed by atoms with Gasteiger partial charge >= 0.3 is 11.9 Å². The topological polar surface area (TPSA) is 133 Å². The van der Waals surface area contributed by atoms with Gasteiger partial charge in [-0.15, -0.1) is 0 Å². The molecule has 1 aromatic rings. The van der Waals surface area contributed by atoms with Gasteiger partial charge in [-0.25, -0.2) is 4.79 Å². The summed E-state index contributed by atoms with van der Waals surface area (Å²) >= 11 is 0. The molecule has 2 amide bonds. The molecule has 154 valence electrons. The summed E-state index contributed by atoms with van der Waals surface area (Å²) in [4.78, 5) is 47.0. The molecule has 0 aliphatic rings. The number of benzene rings is 1. The second-order valence-electron chi connectivity index (χ2n) is 7.88. The lowest BCUT2D eigenvalue weighted by atomic mass is 9.91. The second kappa shape index (κ2) is 10.4. The first-order valence-corrected chi connectivity index (χ1v) is 9.06. The van der Waals surface area contributed by atoms with Crippen molar-refractivity contribution < 1.29 is 29.4 Å². The Morgan fingerprint density at radius 1 is 0.964 bits per heavy atom. The molecule has 0 spiro atoms. The van der Waals surface area contributed by atoms with Crippen molar-refractivity contribution in [2.45, 2.75) is 58.5 Å². The Labute approximate surface area is 164 Å². The van der Waals surface area contributed by atoms with Gasteiger partial charge in [-0.05, 0) is 17.4 Å². The Morgan fingerprint density at radius 3 is 2.07 bits per heavy atom. The summed E-state index contributed by atoms with van der Waals surface area (Å²) in [5, 5.41) is 23.0. The number of carbonyl (C=O) groups excluding carboxylic acids is 2. The van der Waals surface area contributed by atoms with Crippen LogP contribution in [0.4, 0.5) is 0 Å². The predicted molar refractivity (Wildman–Crippen MR) is 103 cm³/mol. The highest BCUT2D eigenvalue weighted by molar-refractivity contribution is 5.90. The van der Waals surface area contributed by atoms with Crippen molar-refractivity contribution in [1.82, 2.24) is 10.6 Å². The SMILES string of the molecule is CC(C)(C)CC(=O)N[C@@H](Cc1ccccc1)C(=O)N[C@H](CCC(=O)O)C(=O)O. The van der Waals surface area contributed by atoms with Crippen LogP contribution >= 0.6 is 0 Å². The van der Waals surface area contributed by atoms with E-state index in [4.69, 9.17) is 5.11 Å². The third-order valence-electron chi connectivity index (χ3n) is 3.89. The first kappa shape index (κ1) is 23.1. The molecule has 0 unspecified atom stereocenters. The van der Waals surface area contributed by atoms with Crippen molar-refractivity contribution in [3.8, 4) is 0 Å². The Kier molecular flexibility index (Phi) is 8.63. The van der Waals surface area contributed by atoms with E-state index in [1.807, 2.05) is 26.8 Å². The molecule has 0 bridgehead atoms. The number of amides is 2. The molecule has 8 heteroatoms. The molecule has 1 aromatic carbocycles. The van der Waals surface area contributed by atoms with Crippen LogP contribution in [0.3, 0.4) is 0 Å². The Bertz CT molecular complexity index is 696. The molecule has 1 rings (SSSR count). The van der Waals surface area contributed by atoms with Crippen LogP contribution in [0.25, 0.3) is 0 Å². The third kappa shape index (κ3) is 9.16. The van der Waals surface area contributed by atoms with Crippen molar-refractivity contribution in [3.63, 3.8) is 0 Å². The van der Waals surface area contributed by atoms with Crippen LogP contribution in [0.15, 0.2) is 30.3 Å². The van der Waals surface area contributed by atoms with E-state index in [9.17, 15) is 24.3 Å². The molecule has 2 atom stereocenters. The van der Waals surface area contributed by atoms with E-state index >= 15 is 0 Å². The van der Waals surface area contributed by atoms with Gasteiger partial charge in [-0.1, -0.05) is 51.1 Å². The van der Waals surface area contributed by atoms with Gasteiger partial charge in [0.15, 0.2) is 0 Å². The molecule has 8 nitrogen and oxygen atoms in total. The average Bonchev–Trinajstić information content (AvgIpc) is 2.56. The molecular formula is C20H28N2O6. The molecule has 0 fully saturated rings. The zero-order valence-electron chi connectivity index (χ0n) is 16.4. The maximum atomic E-state index is 12.7. The predicted octanol–water partition coefficient (Wildman–Crippen LogP) is 1.58. The van der Waals surface area contributed by atoms with Crippen LogP contribution in [0.1, 0.15) is 45.6 Å². The normalized spacial score (nSPS) is 13.2. The number of carboxylic acid groups (broad SMARTS) is 2. The fourth-order valence-electron chi connectivity index (χ4n) is 2.58. The summed E-state index contributed by atoms with van der Waals surface area (Å²) < 4.78 is 0. The molecule has 0 aromatic heterocycles. The van der Waals surface area contributed by atoms with Crippen molar-refractivity contribution in [1.29, 1.82) is 0 Å². The first-order chi connectivity index (χ1) is 13.0. The summed E-state index contributed by atoms with van der Waals surface area (Å²) in [6.45, 7) is 5.68. The highest BCUT2D eigenvalue weighted by atomic mass is 16.4. The second-order valence-corrected chi connectivity index (χ2v) is 7.88. The van der Waals surface area contributed by atoms with Crippen molar-refractivity contribution in [3.05, 3.63) is 35.9 Å². The van der Waals surface area contributed by atoms with E-state index in [2.05, 4.69) is 10.6 Å². The molecule has 0 radical (unpaired) electrons. The van der Waals surface area contributed by atoms with Crippen molar-refractivity contribution in [2.75, 3.05) is 0 Å². The lowest BCUT2D eigenvalue weighted by Gasteiger charge is -2.23. The highest BCUT2D eigenvalue weighted by Crippen LogP contribution is 2.18.